The maximum absolute atomic E-state index is 13.3. The van der Waals surface area contributed by atoms with Crippen LogP contribution in [0.1, 0.15) is 38.5 Å². The molecule has 0 unspecified atom stereocenters. The van der Waals surface area contributed by atoms with Crippen molar-refractivity contribution in [2.75, 3.05) is 0 Å². The van der Waals surface area contributed by atoms with Crippen LogP contribution in [0.5, 0.6) is 0 Å². The molecule has 0 spiro atoms. The first kappa shape index (κ1) is 18.5. The third-order valence-corrected chi connectivity index (χ3v) is 3.88. The summed E-state index contributed by atoms with van der Waals surface area (Å²) in [7, 11) is 0. The molecule has 0 radical (unpaired) electrons. The van der Waals surface area contributed by atoms with E-state index >= 15 is 0 Å². The van der Waals surface area contributed by atoms with Gasteiger partial charge in [0.2, 0.25) is 0 Å². The Morgan fingerprint density at radius 3 is 1.86 bits per heavy atom. The number of hydrogen-bond donors (Lipinski definition) is 2. The zero-order valence-corrected chi connectivity index (χ0v) is 11.1. The number of nitrogens with two attached hydrogens (primary N) is 1. The zero-order chi connectivity index (χ0) is 16.5. The second-order valence-electron chi connectivity index (χ2n) is 5.54. The molecule has 0 aromatic carbocycles. The van der Waals surface area contributed by atoms with Gasteiger partial charge in [0, 0.05) is 6.04 Å². The van der Waals surface area contributed by atoms with Gasteiger partial charge in [0.25, 0.3) is 0 Å². The molecule has 1 aliphatic carbocycles. The molecular formula is C12H18F7NO. The highest BCUT2D eigenvalue weighted by Crippen LogP contribution is 2.48. The molecule has 0 heterocycles. The summed E-state index contributed by atoms with van der Waals surface area (Å²) >= 11 is 0. The monoisotopic (exact) mass is 325 g/mol. The number of hydrogen-bond acceptors (Lipinski definition) is 2. The Labute approximate surface area is 117 Å². The van der Waals surface area contributed by atoms with Crippen molar-refractivity contribution in [3.8, 4) is 0 Å². The van der Waals surface area contributed by atoms with Gasteiger partial charge in [-0.3, -0.25) is 0 Å². The predicted octanol–water partition coefficient (Wildman–Crippen LogP) is 3.48. The zero-order valence-electron chi connectivity index (χ0n) is 11.1. The third kappa shape index (κ3) is 3.80. The highest BCUT2D eigenvalue weighted by Gasteiger charge is 2.75. The van der Waals surface area contributed by atoms with E-state index in [2.05, 4.69) is 0 Å². The first-order valence-electron chi connectivity index (χ1n) is 6.67. The lowest BCUT2D eigenvalue weighted by atomic mass is 9.82. The molecule has 0 aliphatic heterocycles. The van der Waals surface area contributed by atoms with Crippen LogP contribution in [0, 0.1) is 5.92 Å². The van der Waals surface area contributed by atoms with Gasteiger partial charge in [-0.25, -0.2) is 0 Å². The van der Waals surface area contributed by atoms with Gasteiger partial charge in [-0.05, 0) is 12.3 Å². The van der Waals surface area contributed by atoms with E-state index in [1.165, 1.54) is 0 Å². The Kier molecular flexibility index (Phi) is 5.52. The van der Waals surface area contributed by atoms with Gasteiger partial charge in [-0.15, -0.1) is 0 Å². The lowest BCUT2D eigenvalue weighted by Crippen LogP contribution is -2.62. The van der Waals surface area contributed by atoms with E-state index in [1.807, 2.05) is 0 Å². The minimum Gasteiger partial charge on any atom is -0.385 e. The van der Waals surface area contributed by atoms with Gasteiger partial charge in [0.1, 0.15) is 6.10 Å². The maximum atomic E-state index is 13.3. The van der Waals surface area contributed by atoms with Crippen molar-refractivity contribution in [1.82, 2.24) is 0 Å². The van der Waals surface area contributed by atoms with Crippen LogP contribution >= 0.6 is 0 Å². The minimum absolute atomic E-state index is 0.140. The molecule has 0 saturated heterocycles. The van der Waals surface area contributed by atoms with E-state index in [4.69, 9.17) is 5.73 Å². The summed E-state index contributed by atoms with van der Waals surface area (Å²) in [4.78, 5) is 0. The van der Waals surface area contributed by atoms with Crippen LogP contribution in [0.3, 0.4) is 0 Å². The molecule has 1 aliphatic rings. The predicted molar refractivity (Wildman–Crippen MR) is 61.1 cm³/mol. The Bertz CT molecular complexity index is 339. The summed E-state index contributed by atoms with van der Waals surface area (Å²) < 4.78 is 88.3. The molecule has 1 saturated carbocycles. The summed E-state index contributed by atoms with van der Waals surface area (Å²) in [5.74, 6) is -12.1. The van der Waals surface area contributed by atoms with Gasteiger partial charge in [-0.1, -0.05) is 32.1 Å². The third-order valence-electron chi connectivity index (χ3n) is 3.88. The minimum atomic E-state index is -6.46. The molecule has 0 bridgehead atoms. The topological polar surface area (TPSA) is 46.2 Å². The highest BCUT2D eigenvalue weighted by atomic mass is 19.4. The summed E-state index contributed by atoms with van der Waals surface area (Å²) in [6, 6.07) is -1.84. The van der Waals surface area contributed by atoms with Crippen LogP contribution in [0.4, 0.5) is 30.7 Å². The number of aliphatic hydroxyl groups excluding tert-OH is 1. The molecule has 0 aromatic heterocycles. The Morgan fingerprint density at radius 2 is 1.43 bits per heavy atom. The quantitative estimate of drug-likeness (QED) is 0.760. The van der Waals surface area contributed by atoms with Crippen LogP contribution in [-0.4, -0.2) is 35.3 Å². The van der Waals surface area contributed by atoms with Crippen LogP contribution in [-0.2, 0) is 0 Å². The van der Waals surface area contributed by atoms with E-state index in [-0.39, 0.29) is 12.3 Å². The lowest BCUT2D eigenvalue weighted by Gasteiger charge is -2.35. The van der Waals surface area contributed by atoms with Crippen molar-refractivity contribution in [3.63, 3.8) is 0 Å². The molecule has 9 heteroatoms. The molecule has 1 rings (SSSR count). The normalized spacial score (nSPS) is 22.1. The summed E-state index contributed by atoms with van der Waals surface area (Å²) in [6.07, 6.45) is -6.03. The van der Waals surface area contributed by atoms with Crippen molar-refractivity contribution in [1.29, 1.82) is 0 Å². The second-order valence-corrected chi connectivity index (χ2v) is 5.54. The number of rotatable bonds is 5. The average Bonchev–Trinajstić information content (AvgIpc) is 2.37. The summed E-state index contributed by atoms with van der Waals surface area (Å²) in [6.45, 7) is 0. The first-order valence-corrected chi connectivity index (χ1v) is 6.67. The molecule has 3 N–H and O–H groups in total. The van der Waals surface area contributed by atoms with Crippen molar-refractivity contribution in [2.45, 2.75) is 68.7 Å². The van der Waals surface area contributed by atoms with Crippen molar-refractivity contribution in [3.05, 3.63) is 0 Å². The van der Waals surface area contributed by atoms with Gasteiger partial charge < -0.3 is 10.8 Å². The smallest absolute Gasteiger partial charge is 0.385 e. The number of alkyl halides is 7. The largest absolute Gasteiger partial charge is 0.459 e. The molecular weight excluding hydrogens is 307 g/mol. The summed E-state index contributed by atoms with van der Waals surface area (Å²) in [5.41, 5.74) is 5.24. The fraction of sp³-hybridized carbons (Fsp3) is 1.00. The molecule has 2 nitrogen and oxygen atoms in total. The van der Waals surface area contributed by atoms with Crippen LogP contribution < -0.4 is 5.73 Å². The van der Waals surface area contributed by atoms with E-state index < -0.39 is 30.2 Å². The fourth-order valence-corrected chi connectivity index (χ4v) is 2.58. The van der Waals surface area contributed by atoms with Crippen LogP contribution in [0.25, 0.3) is 0 Å². The van der Waals surface area contributed by atoms with E-state index in [0.717, 1.165) is 19.3 Å². The molecule has 126 valence electrons. The number of aliphatic hydroxyl groups is 1. The molecule has 2 atom stereocenters. The molecule has 0 amide bonds. The summed E-state index contributed by atoms with van der Waals surface area (Å²) in [5, 5.41) is 9.22. The van der Waals surface area contributed by atoms with Gasteiger partial charge >= 0.3 is 18.0 Å². The maximum Gasteiger partial charge on any atom is 0.459 e. The molecule has 21 heavy (non-hydrogen) atoms. The average molecular weight is 325 g/mol. The van der Waals surface area contributed by atoms with Gasteiger partial charge in [0.05, 0.1) is 0 Å². The van der Waals surface area contributed by atoms with E-state index in [0.29, 0.717) is 12.8 Å². The fourth-order valence-electron chi connectivity index (χ4n) is 2.58. The highest BCUT2D eigenvalue weighted by molar-refractivity contribution is 4.99. The van der Waals surface area contributed by atoms with Crippen LogP contribution in [0.15, 0.2) is 0 Å². The Hall–Kier alpha value is -0.570. The van der Waals surface area contributed by atoms with E-state index in [9.17, 15) is 35.8 Å². The SMILES string of the molecule is N[C@@H](CC1CCCCC1)[C@@H](O)C(F)(F)C(F)(F)C(F)(F)F. The Balaban J connectivity index is 2.77. The van der Waals surface area contributed by atoms with Gasteiger partial charge in [0.15, 0.2) is 0 Å². The van der Waals surface area contributed by atoms with Gasteiger partial charge in [-0.2, -0.15) is 30.7 Å². The number of halogens is 7. The first-order chi connectivity index (χ1) is 9.41. The standard InChI is InChI=1S/C12H18F7NO/c13-10(14,11(15,16)12(17,18)19)9(21)8(20)6-7-4-2-1-3-5-7/h7-9,21H,1-6,20H2/t8-,9+/m0/s1. The van der Waals surface area contributed by atoms with E-state index in [1.54, 1.807) is 0 Å². The van der Waals surface area contributed by atoms with Crippen molar-refractivity contribution < 1.29 is 35.8 Å². The van der Waals surface area contributed by atoms with Crippen LogP contribution in [0.2, 0.25) is 0 Å². The molecule has 1 fully saturated rings. The lowest BCUT2D eigenvalue weighted by molar-refractivity contribution is -0.372. The van der Waals surface area contributed by atoms with Crippen molar-refractivity contribution in [2.24, 2.45) is 11.7 Å². The molecule has 0 aromatic rings. The Morgan fingerprint density at radius 1 is 0.952 bits per heavy atom. The second kappa shape index (κ2) is 6.28. The van der Waals surface area contributed by atoms with Crippen molar-refractivity contribution >= 4 is 0 Å².